The van der Waals surface area contributed by atoms with Crippen LogP contribution in [0, 0.1) is 0 Å². The second kappa shape index (κ2) is 9.87. The van der Waals surface area contributed by atoms with Gasteiger partial charge < -0.3 is 24.6 Å². The molecule has 4 aliphatic heterocycles. The highest BCUT2D eigenvalue weighted by Gasteiger charge is 2.37. The fraction of sp³-hybridized carbons (Fsp3) is 0.652. The number of amides is 2. The first-order chi connectivity index (χ1) is 15.0. The lowest BCUT2D eigenvalue weighted by atomic mass is 10.2. The lowest BCUT2D eigenvalue weighted by Gasteiger charge is -2.22. The Morgan fingerprint density at radius 3 is 2.10 bits per heavy atom. The van der Waals surface area contributed by atoms with E-state index in [-0.39, 0.29) is 24.4 Å². The van der Waals surface area contributed by atoms with Crippen LogP contribution in [-0.4, -0.2) is 90.4 Å². The molecule has 4 saturated heterocycles. The number of benzene rings is 1. The van der Waals surface area contributed by atoms with Crippen molar-refractivity contribution in [1.29, 1.82) is 0 Å². The van der Waals surface area contributed by atoms with Crippen molar-refractivity contribution in [2.75, 3.05) is 39.3 Å². The van der Waals surface area contributed by atoms with Crippen molar-refractivity contribution in [2.45, 2.75) is 57.5 Å². The maximum atomic E-state index is 11.7. The van der Waals surface area contributed by atoms with E-state index < -0.39 is 0 Å². The summed E-state index contributed by atoms with van der Waals surface area (Å²) in [5, 5.41) is 3.24. The van der Waals surface area contributed by atoms with Gasteiger partial charge in [0, 0.05) is 38.3 Å². The molecule has 1 N–H and O–H groups in total. The quantitative estimate of drug-likeness (QED) is 0.790. The number of carbonyl (C=O) groups excluding carboxylic acids is 2. The van der Waals surface area contributed by atoms with Crippen LogP contribution in [0.3, 0.4) is 0 Å². The van der Waals surface area contributed by atoms with Gasteiger partial charge in [-0.05, 0) is 38.8 Å². The second-order valence-electron chi connectivity index (χ2n) is 9.00. The SMILES string of the molecule is CC1CN([C@H]2CCN(Cc3ccccc3)C2)C(=O)O1.CC1CN([C@H]2CCNC2)C(=O)O1. The summed E-state index contributed by atoms with van der Waals surface area (Å²) in [5.41, 5.74) is 1.33. The third kappa shape index (κ3) is 5.49. The third-order valence-corrected chi connectivity index (χ3v) is 6.39. The Labute approximate surface area is 184 Å². The van der Waals surface area contributed by atoms with Crippen molar-refractivity contribution >= 4 is 12.2 Å². The molecule has 4 fully saturated rings. The standard InChI is InChI=1S/C15H20N2O2.C8H14N2O2/c1-12-9-17(15(18)19-12)14-7-8-16(11-14)10-13-5-3-2-4-6-13;1-6-5-10(8(11)12-6)7-2-3-9-4-7/h2-6,12,14H,7-11H2,1H3;6-7,9H,2-5H2,1H3/t12?,14-;6?,7-/m00/s1. The van der Waals surface area contributed by atoms with Crippen molar-refractivity contribution in [3.8, 4) is 0 Å². The van der Waals surface area contributed by atoms with Crippen LogP contribution in [0.4, 0.5) is 9.59 Å². The van der Waals surface area contributed by atoms with Crippen LogP contribution < -0.4 is 5.32 Å². The number of carbonyl (C=O) groups is 2. The number of rotatable bonds is 4. The molecule has 1 aromatic carbocycles. The Morgan fingerprint density at radius 2 is 1.55 bits per heavy atom. The summed E-state index contributed by atoms with van der Waals surface area (Å²) in [6.45, 7) is 10.3. The van der Waals surface area contributed by atoms with Crippen molar-refractivity contribution in [1.82, 2.24) is 20.0 Å². The molecular formula is C23H34N4O4. The molecule has 4 atom stereocenters. The molecule has 2 unspecified atom stereocenters. The molecule has 4 heterocycles. The second-order valence-corrected chi connectivity index (χ2v) is 9.00. The van der Waals surface area contributed by atoms with Crippen molar-refractivity contribution in [2.24, 2.45) is 0 Å². The first-order valence-corrected chi connectivity index (χ1v) is 11.4. The summed E-state index contributed by atoms with van der Waals surface area (Å²) in [6, 6.07) is 11.2. The Bertz CT molecular complexity index is 755. The molecule has 0 aliphatic carbocycles. The Kier molecular flexibility index (Phi) is 6.97. The van der Waals surface area contributed by atoms with Gasteiger partial charge in [0.15, 0.2) is 0 Å². The van der Waals surface area contributed by atoms with E-state index in [9.17, 15) is 9.59 Å². The zero-order chi connectivity index (χ0) is 21.8. The van der Waals surface area contributed by atoms with Crippen LogP contribution in [0.5, 0.6) is 0 Å². The van der Waals surface area contributed by atoms with Gasteiger partial charge in [-0.3, -0.25) is 4.90 Å². The minimum atomic E-state index is -0.142. The summed E-state index contributed by atoms with van der Waals surface area (Å²) >= 11 is 0. The van der Waals surface area contributed by atoms with Gasteiger partial charge in [0.25, 0.3) is 0 Å². The molecule has 31 heavy (non-hydrogen) atoms. The normalized spacial score (nSPS) is 30.9. The maximum absolute atomic E-state index is 11.7. The third-order valence-electron chi connectivity index (χ3n) is 6.39. The highest BCUT2D eigenvalue weighted by atomic mass is 16.6. The van der Waals surface area contributed by atoms with E-state index in [1.165, 1.54) is 5.56 Å². The van der Waals surface area contributed by atoms with Crippen molar-refractivity contribution in [3.63, 3.8) is 0 Å². The molecule has 5 rings (SSSR count). The smallest absolute Gasteiger partial charge is 0.410 e. The molecule has 2 amide bonds. The van der Waals surface area contributed by atoms with Crippen LogP contribution in [-0.2, 0) is 16.0 Å². The summed E-state index contributed by atoms with van der Waals surface area (Å²) < 4.78 is 10.3. The predicted octanol–water partition coefficient (Wildman–Crippen LogP) is 2.29. The first kappa shape index (κ1) is 21.9. The highest BCUT2D eigenvalue weighted by molar-refractivity contribution is 5.70. The van der Waals surface area contributed by atoms with Gasteiger partial charge in [-0.15, -0.1) is 0 Å². The summed E-state index contributed by atoms with van der Waals surface area (Å²) in [7, 11) is 0. The highest BCUT2D eigenvalue weighted by Crippen LogP contribution is 2.23. The number of likely N-dealkylation sites (tertiary alicyclic amines) is 1. The molecule has 0 radical (unpaired) electrons. The van der Waals surface area contributed by atoms with Crippen LogP contribution in [0.25, 0.3) is 0 Å². The number of nitrogens with one attached hydrogen (secondary N) is 1. The fourth-order valence-electron chi connectivity index (χ4n) is 4.81. The average molecular weight is 431 g/mol. The molecule has 170 valence electrons. The van der Waals surface area contributed by atoms with Crippen LogP contribution in [0.15, 0.2) is 30.3 Å². The van der Waals surface area contributed by atoms with Gasteiger partial charge in [-0.2, -0.15) is 0 Å². The molecule has 0 saturated carbocycles. The van der Waals surface area contributed by atoms with E-state index >= 15 is 0 Å². The van der Waals surface area contributed by atoms with Gasteiger partial charge in [0.2, 0.25) is 0 Å². The number of cyclic esters (lactones) is 2. The van der Waals surface area contributed by atoms with Gasteiger partial charge >= 0.3 is 12.2 Å². The van der Waals surface area contributed by atoms with E-state index in [2.05, 4.69) is 34.5 Å². The van der Waals surface area contributed by atoms with E-state index in [0.29, 0.717) is 12.1 Å². The van der Waals surface area contributed by atoms with E-state index in [1.54, 1.807) is 0 Å². The molecule has 1 aromatic rings. The van der Waals surface area contributed by atoms with Crippen LogP contribution in [0.2, 0.25) is 0 Å². The number of nitrogens with zero attached hydrogens (tertiary/aromatic N) is 3. The van der Waals surface area contributed by atoms with Crippen molar-refractivity contribution < 1.29 is 19.1 Å². The number of hydrogen-bond donors (Lipinski definition) is 1. The van der Waals surface area contributed by atoms with Crippen LogP contribution >= 0.6 is 0 Å². The molecule has 0 bridgehead atoms. The van der Waals surface area contributed by atoms with Crippen LogP contribution in [0.1, 0.15) is 32.3 Å². The summed E-state index contributed by atoms with van der Waals surface area (Å²) in [5.74, 6) is 0. The Hall–Kier alpha value is -2.32. The molecule has 0 spiro atoms. The van der Waals surface area contributed by atoms with E-state index in [4.69, 9.17) is 9.47 Å². The molecule has 8 heteroatoms. The zero-order valence-corrected chi connectivity index (χ0v) is 18.5. The lowest BCUT2D eigenvalue weighted by molar-refractivity contribution is 0.132. The largest absolute Gasteiger partial charge is 0.444 e. The van der Waals surface area contributed by atoms with E-state index in [1.807, 2.05) is 29.7 Å². The average Bonchev–Trinajstić information content (AvgIpc) is 3.52. The number of ether oxygens (including phenoxy) is 2. The zero-order valence-electron chi connectivity index (χ0n) is 18.5. The Balaban J connectivity index is 0.000000166. The maximum Gasteiger partial charge on any atom is 0.410 e. The number of hydrogen-bond acceptors (Lipinski definition) is 6. The van der Waals surface area contributed by atoms with E-state index in [0.717, 1.165) is 58.7 Å². The lowest BCUT2D eigenvalue weighted by Crippen LogP contribution is -2.38. The monoisotopic (exact) mass is 430 g/mol. The predicted molar refractivity (Wildman–Crippen MR) is 117 cm³/mol. The molecule has 4 aliphatic rings. The molecule has 8 nitrogen and oxygen atoms in total. The van der Waals surface area contributed by atoms with Gasteiger partial charge in [-0.1, -0.05) is 30.3 Å². The topological polar surface area (TPSA) is 74.4 Å². The molecule has 0 aromatic heterocycles. The first-order valence-electron chi connectivity index (χ1n) is 11.4. The molecular weight excluding hydrogens is 396 g/mol. The van der Waals surface area contributed by atoms with Gasteiger partial charge in [-0.25, -0.2) is 9.59 Å². The fourth-order valence-corrected chi connectivity index (χ4v) is 4.81. The van der Waals surface area contributed by atoms with Crippen molar-refractivity contribution in [3.05, 3.63) is 35.9 Å². The summed E-state index contributed by atoms with van der Waals surface area (Å²) in [6.07, 6.45) is 1.93. The van der Waals surface area contributed by atoms with Gasteiger partial charge in [0.05, 0.1) is 13.1 Å². The summed E-state index contributed by atoms with van der Waals surface area (Å²) in [4.78, 5) is 29.1. The van der Waals surface area contributed by atoms with Gasteiger partial charge in [0.1, 0.15) is 12.2 Å². The minimum absolute atomic E-state index is 0.0377. The Morgan fingerprint density at radius 1 is 0.903 bits per heavy atom. The minimum Gasteiger partial charge on any atom is -0.444 e.